The van der Waals surface area contributed by atoms with Gasteiger partial charge in [0.15, 0.2) is 0 Å². The highest BCUT2D eigenvalue weighted by Gasteiger charge is 2.03. The lowest BCUT2D eigenvalue weighted by Gasteiger charge is -2.03. The molecule has 0 atom stereocenters. The fourth-order valence-electron chi connectivity index (χ4n) is 1.84. The van der Waals surface area contributed by atoms with E-state index >= 15 is 0 Å². The van der Waals surface area contributed by atoms with Crippen LogP contribution in [0.3, 0.4) is 0 Å². The first kappa shape index (κ1) is 9.28. The van der Waals surface area contributed by atoms with Gasteiger partial charge in [-0.05, 0) is 24.6 Å². The molecule has 1 heterocycles. The Hall–Kier alpha value is -1.28. The van der Waals surface area contributed by atoms with Crippen molar-refractivity contribution in [3.05, 3.63) is 36.0 Å². The zero-order chi connectivity index (χ0) is 9.97. The molecule has 2 heteroatoms. The van der Waals surface area contributed by atoms with Crippen molar-refractivity contribution in [3.63, 3.8) is 0 Å². The van der Waals surface area contributed by atoms with E-state index in [1.54, 1.807) is 0 Å². The van der Waals surface area contributed by atoms with Crippen LogP contribution in [0, 0.1) is 0 Å². The number of hydrogen-bond acceptors (Lipinski definition) is 1. The van der Waals surface area contributed by atoms with Crippen molar-refractivity contribution in [2.75, 3.05) is 13.6 Å². The van der Waals surface area contributed by atoms with Crippen LogP contribution >= 0.6 is 0 Å². The van der Waals surface area contributed by atoms with Crippen LogP contribution in [0.1, 0.15) is 5.69 Å². The average Bonchev–Trinajstić information content (AvgIpc) is 2.54. The number of hydrogen-bond donors (Lipinski definition) is 1. The molecule has 0 aliphatic carbocycles. The van der Waals surface area contributed by atoms with E-state index in [-0.39, 0.29) is 0 Å². The van der Waals surface area contributed by atoms with Gasteiger partial charge in [0.05, 0.1) is 0 Å². The second-order valence-electron chi connectivity index (χ2n) is 3.61. The van der Waals surface area contributed by atoms with Crippen LogP contribution in [0.4, 0.5) is 0 Å². The van der Waals surface area contributed by atoms with Gasteiger partial charge in [-0.3, -0.25) is 0 Å². The lowest BCUT2D eigenvalue weighted by atomic mass is 10.2. The summed E-state index contributed by atoms with van der Waals surface area (Å²) in [6.07, 6.45) is 1.08. The molecule has 0 saturated carbocycles. The molecule has 1 aromatic heterocycles. The minimum Gasteiger partial charge on any atom is -0.348 e. The molecule has 2 aromatic rings. The Morgan fingerprint density at radius 3 is 2.79 bits per heavy atom. The monoisotopic (exact) mass is 188 g/mol. The number of nitrogens with one attached hydrogen (secondary N) is 1. The average molecular weight is 188 g/mol. The van der Waals surface area contributed by atoms with Crippen LogP contribution < -0.4 is 5.32 Å². The third-order valence-electron chi connectivity index (χ3n) is 2.68. The summed E-state index contributed by atoms with van der Waals surface area (Å²) in [7, 11) is 4.12. The summed E-state index contributed by atoms with van der Waals surface area (Å²) in [6, 6.07) is 10.8. The lowest BCUT2D eigenvalue weighted by Crippen LogP contribution is -2.12. The number of aromatic nitrogens is 1. The Bertz CT molecular complexity index is 429. The van der Waals surface area contributed by atoms with Crippen LogP contribution in [0.15, 0.2) is 30.3 Å². The fourth-order valence-corrected chi connectivity index (χ4v) is 1.84. The fraction of sp³-hybridized carbons (Fsp3) is 0.333. The van der Waals surface area contributed by atoms with Crippen molar-refractivity contribution in [3.8, 4) is 0 Å². The minimum absolute atomic E-state index is 1.03. The molecule has 0 spiro atoms. The quantitative estimate of drug-likeness (QED) is 0.779. The van der Waals surface area contributed by atoms with Crippen LogP contribution in [0.25, 0.3) is 10.9 Å². The molecule has 1 N–H and O–H groups in total. The Balaban J connectivity index is 2.41. The first-order chi connectivity index (χ1) is 6.83. The van der Waals surface area contributed by atoms with Crippen LogP contribution in [0.2, 0.25) is 0 Å². The summed E-state index contributed by atoms with van der Waals surface area (Å²) in [5.41, 5.74) is 2.71. The van der Waals surface area contributed by atoms with Gasteiger partial charge in [0, 0.05) is 31.2 Å². The van der Waals surface area contributed by atoms with Gasteiger partial charge in [-0.15, -0.1) is 0 Å². The van der Waals surface area contributed by atoms with Crippen molar-refractivity contribution in [1.82, 2.24) is 9.88 Å². The summed E-state index contributed by atoms with van der Waals surface area (Å²) in [5, 5.41) is 4.51. The van der Waals surface area contributed by atoms with E-state index in [9.17, 15) is 0 Å². The molecule has 0 bridgehead atoms. The molecule has 0 radical (unpaired) electrons. The Morgan fingerprint density at radius 2 is 2.07 bits per heavy atom. The molecule has 14 heavy (non-hydrogen) atoms. The standard InChI is InChI=1S/C12H16N2/c1-13-8-7-11-9-10-5-3-4-6-12(10)14(11)2/h3-6,9,13H,7-8H2,1-2H3. The highest BCUT2D eigenvalue weighted by atomic mass is 14.9. The minimum atomic E-state index is 1.03. The molecule has 0 saturated heterocycles. The number of nitrogens with zero attached hydrogens (tertiary/aromatic N) is 1. The first-order valence-electron chi connectivity index (χ1n) is 5.01. The summed E-state index contributed by atoms with van der Waals surface area (Å²) in [5.74, 6) is 0. The van der Waals surface area contributed by atoms with Crippen molar-refractivity contribution >= 4 is 10.9 Å². The third-order valence-corrected chi connectivity index (χ3v) is 2.68. The molecule has 0 amide bonds. The van der Waals surface area contributed by atoms with E-state index in [0.29, 0.717) is 0 Å². The van der Waals surface area contributed by atoms with E-state index in [1.165, 1.54) is 16.6 Å². The van der Waals surface area contributed by atoms with Gasteiger partial charge in [0.25, 0.3) is 0 Å². The largest absolute Gasteiger partial charge is 0.348 e. The van der Waals surface area contributed by atoms with Crippen LogP contribution in [0.5, 0.6) is 0 Å². The highest BCUT2D eigenvalue weighted by molar-refractivity contribution is 5.81. The lowest BCUT2D eigenvalue weighted by molar-refractivity contribution is 0.746. The smallest absolute Gasteiger partial charge is 0.0479 e. The second kappa shape index (κ2) is 3.84. The molecular formula is C12H16N2. The molecule has 74 valence electrons. The molecule has 0 fully saturated rings. The maximum Gasteiger partial charge on any atom is 0.0479 e. The van der Waals surface area contributed by atoms with Gasteiger partial charge in [-0.25, -0.2) is 0 Å². The zero-order valence-electron chi connectivity index (χ0n) is 8.75. The Labute approximate surface area is 84.5 Å². The molecule has 2 rings (SSSR count). The van der Waals surface area contributed by atoms with Crippen molar-refractivity contribution < 1.29 is 0 Å². The number of para-hydroxylation sites is 1. The topological polar surface area (TPSA) is 17.0 Å². The highest BCUT2D eigenvalue weighted by Crippen LogP contribution is 2.18. The van der Waals surface area contributed by atoms with Crippen LogP contribution in [-0.2, 0) is 13.5 Å². The summed E-state index contributed by atoms with van der Waals surface area (Å²) in [4.78, 5) is 0. The van der Waals surface area contributed by atoms with Gasteiger partial charge in [-0.1, -0.05) is 18.2 Å². The SMILES string of the molecule is CNCCc1cc2ccccc2n1C. The van der Waals surface area contributed by atoms with Gasteiger partial charge in [0.2, 0.25) is 0 Å². The predicted octanol–water partition coefficient (Wildman–Crippen LogP) is 1.94. The van der Waals surface area contributed by atoms with Crippen LogP contribution in [-0.4, -0.2) is 18.2 Å². The Kier molecular flexibility index (Phi) is 2.55. The summed E-state index contributed by atoms with van der Waals surface area (Å²) < 4.78 is 2.27. The van der Waals surface area contributed by atoms with Crippen molar-refractivity contribution in [2.24, 2.45) is 7.05 Å². The van der Waals surface area contributed by atoms with E-state index in [2.05, 4.69) is 47.3 Å². The summed E-state index contributed by atoms with van der Waals surface area (Å²) >= 11 is 0. The second-order valence-corrected chi connectivity index (χ2v) is 3.61. The van der Waals surface area contributed by atoms with Crippen molar-refractivity contribution in [1.29, 1.82) is 0 Å². The van der Waals surface area contributed by atoms with E-state index in [1.807, 2.05) is 7.05 Å². The van der Waals surface area contributed by atoms with E-state index < -0.39 is 0 Å². The van der Waals surface area contributed by atoms with Gasteiger partial charge in [0.1, 0.15) is 0 Å². The third kappa shape index (κ3) is 1.53. The first-order valence-corrected chi connectivity index (χ1v) is 5.01. The summed E-state index contributed by atoms with van der Waals surface area (Å²) in [6.45, 7) is 1.03. The molecule has 0 aliphatic heterocycles. The zero-order valence-corrected chi connectivity index (χ0v) is 8.75. The number of aryl methyl sites for hydroxylation is 1. The molecule has 2 nitrogen and oxygen atoms in total. The van der Waals surface area contributed by atoms with E-state index in [4.69, 9.17) is 0 Å². The predicted molar refractivity (Wildman–Crippen MR) is 60.5 cm³/mol. The van der Waals surface area contributed by atoms with E-state index in [0.717, 1.165) is 13.0 Å². The molecule has 1 aromatic carbocycles. The van der Waals surface area contributed by atoms with Gasteiger partial charge >= 0.3 is 0 Å². The van der Waals surface area contributed by atoms with Gasteiger partial charge < -0.3 is 9.88 Å². The maximum absolute atomic E-state index is 3.17. The Morgan fingerprint density at radius 1 is 1.29 bits per heavy atom. The number of fused-ring (bicyclic) bond motifs is 1. The molecule has 0 aliphatic rings. The number of benzene rings is 1. The van der Waals surface area contributed by atoms with Crippen molar-refractivity contribution in [2.45, 2.75) is 6.42 Å². The maximum atomic E-state index is 3.17. The van der Waals surface area contributed by atoms with Gasteiger partial charge in [-0.2, -0.15) is 0 Å². The molecular weight excluding hydrogens is 172 g/mol. The number of rotatable bonds is 3. The normalized spacial score (nSPS) is 11.0. The number of likely N-dealkylation sites (N-methyl/N-ethyl adjacent to an activating group) is 1. The molecule has 0 unspecified atom stereocenters.